The first-order valence-electron chi connectivity index (χ1n) is 5.46. The Morgan fingerprint density at radius 3 is 3.13 bits per heavy atom. The van der Waals surface area contributed by atoms with Crippen LogP contribution in [0.15, 0.2) is 0 Å². The molecule has 1 N–H and O–H groups in total. The van der Waals surface area contributed by atoms with E-state index in [0.29, 0.717) is 39.5 Å². The van der Waals surface area contributed by atoms with Crippen molar-refractivity contribution in [3.8, 4) is 0 Å². The van der Waals surface area contributed by atoms with E-state index in [-0.39, 0.29) is 12.1 Å². The van der Waals surface area contributed by atoms with E-state index < -0.39 is 0 Å². The molecule has 1 aliphatic rings. The van der Waals surface area contributed by atoms with Crippen LogP contribution in [0, 0.1) is 0 Å². The van der Waals surface area contributed by atoms with Crippen LogP contribution in [0.25, 0.3) is 0 Å². The van der Waals surface area contributed by atoms with Gasteiger partial charge in [-0.25, -0.2) is 4.79 Å². The van der Waals surface area contributed by atoms with E-state index in [9.17, 15) is 4.79 Å². The van der Waals surface area contributed by atoms with Crippen LogP contribution in [0.3, 0.4) is 0 Å². The third kappa shape index (κ3) is 4.48. The maximum Gasteiger partial charge on any atom is 0.317 e. The Balaban J connectivity index is 2.15. The molecule has 1 rings (SSSR count). The number of hydrogen-bond acceptors (Lipinski definition) is 3. The van der Waals surface area contributed by atoms with Gasteiger partial charge in [0.2, 0.25) is 0 Å². The van der Waals surface area contributed by atoms with Crippen LogP contribution in [0.2, 0.25) is 0 Å². The molecule has 88 valence electrons. The van der Waals surface area contributed by atoms with Gasteiger partial charge in [0.25, 0.3) is 0 Å². The summed E-state index contributed by atoms with van der Waals surface area (Å²) in [5.74, 6) is 0. The summed E-state index contributed by atoms with van der Waals surface area (Å²) < 4.78 is 10.5. The first-order chi connectivity index (χ1) is 7.24. The molecule has 0 aromatic carbocycles. The average molecular weight is 216 g/mol. The first-order valence-corrected chi connectivity index (χ1v) is 5.46. The van der Waals surface area contributed by atoms with Crippen LogP contribution in [0.5, 0.6) is 0 Å². The number of amides is 2. The van der Waals surface area contributed by atoms with E-state index in [4.69, 9.17) is 9.47 Å². The average Bonchev–Trinajstić information content (AvgIpc) is 2.24. The van der Waals surface area contributed by atoms with Gasteiger partial charge in [0, 0.05) is 26.2 Å². The predicted molar refractivity (Wildman–Crippen MR) is 56.9 cm³/mol. The Morgan fingerprint density at radius 1 is 1.67 bits per heavy atom. The van der Waals surface area contributed by atoms with Gasteiger partial charge in [0.15, 0.2) is 0 Å². The molecule has 1 aliphatic heterocycles. The SMILES string of the molecule is CCOCCNC(=O)N1CCOC(C)C1. The van der Waals surface area contributed by atoms with Gasteiger partial charge in [-0.3, -0.25) is 0 Å². The molecule has 0 saturated carbocycles. The molecule has 1 fully saturated rings. The van der Waals surface area contributed by atoms with Gasteiger partial charge in [-0.2, -0.15) is 0 Å². The largest absolute Gasteiger partial charge is 0.380 e. The molecule has 0 bridgehead atoms. The van der Waals surface area contributed by atoms with Gasteiger partial charge in [-0.1, -0.05) is 0 Å². The van der Waals surface area contributed by atoms with Crippen molar-refractivity contribution in [1.29, 1.82) is 0 Å². The van der Waals surface area contributed by atoms with Crippen molar-refractivity contribution in [1.82, 2.24) is 10.2 Å². The summed E-state index contributed by atoms with van der Waals surface area (Å²) in [7, 11) is 0. The Morgan fingerprint density at radius 2 is 2.47 bits per heavy atom. The molecule has 2 amide bonds. The monoisotopic (exact) mass is 216 g/mol. The fraction of sp³-hybridized carbons (Fsp3) is 0.900. The molecular formula is C10H20N2O3. The Bertz CT molecular complexity index is 199. The molecule has 0 aliphatic carbocycles. The lowest BCUT2D eigenvalue weighted by Gasteiger charge is -2.31. The van der Waals surface area contributed by atoms with Gasteiger partial charge in [-0.15, -0.1) is 0 Å². The van der Waals surface area contributed by atoms with Gasteiger partial charge < -0.3 is 19.7 Å². The molecule has 0 spiro atoms. The number of rotatable bonds is 4. The summed E-state index contributed by atoms with van der Waals surface area (Å²) in [6.07, 6.45) is 0.136. The Labute approximate surface area is 90.7 Å². The topological polar surface area (TPSA) is 50.8 Å². The van der Waals surface area contributed by atoms with Crippen molar-refractivity contribution >= 4 is 6.03 Å². The van der Waals surface area contributed by atoms with E-state index >= 15 is 0 Å². The minimum absolute atomic E-state index is 0.0233. The van der Waals surface area contributed by atoms with E-state index in [1.54, 1.807) is 4.90 Å². The second kappa shape index (κ2) is 6.63. The number of nitrogens with one attached hydrogen (secondary N) is 1. The summed E-state index contributed by atoms with van der Waals surface area (Å²) >= 11 is 0. The van der Waals surface area contributed by atoms with Crippen LogP contribution in [0.4, 0.5) is 4.79 Å². The summed E-state index contributed by atoms with van der Waals surface area (Å²) in [5.41, 5.74) is 0. The number of nitrogens with zero attached hydrogens (tertiary/aromatic N) is 1. The van der Waals surface area contributed by atoms with Crippen LogP contribution in [0.1, 0.15) is 13.8 Å². The summed E-state index contributed by atoms with van der Waals surface area (Å²) in [6, 6.07) is -0.0233. The first kappa shape index (κ1) is 12.3. The molecule has 1 heterocycles. The molecule has 1 unspecified atom stereocenters. The van der Waals surface area contributed by atoms with Crippen molar-refractivity contribution in [3.05, 3.63) is 0 Å². The zero-order chi connectivity index (χ0) is 11.1. The fourth-order valence-corrected chi connectivity index (χ4v) is 1.49. The molecule has 0 radical (unpaired) electrons. The molecular weight excluding hydrogens is 196 g/mol. The highest BCUT2D eigenvalue weighted by molar-refractivity contribution is 5.74. The standard InChI is InChI=1S/C10H20N2O3/c1-3-14-6-4-11-10(13)12-5-7-15-9(2)8-12/h9H,3-8H2,1-2H3,(H,11,13). The number of hydrogen-bond donors (Lipinski definition) is 1. The van der Waals surface area contributed by atoms with E-state index in [2.05, 4.69) is 5.32 Å². The second-order valence-electron chi connectivity index (χ2n) is 3.56. The maximum absolute atomic E-state index is 11.6. The molecule has 5 nitrogen and oxygen atoms in total. The van der Waals surface area contributed by atoms with E-state index in [1.165, 1.54) is 0 Å². The van der Waals surface area contributed by atoms with Gasteiger partial charge in [0.1, 0.15) is 0 Å². The molecule has 5 heteroatoms. The normalized spacial score (nSPS) is 21.5. The van der Waals surface area contributed by atoms with Crippen molar-refractivity contribution in [2.75, 3.05) is 39.5 Å². The lowest BCUT2D eigenvalue weighted by atomic mass is 10.3. The number of carbonyl (C=O) groups excluding carboxylic acids is 1. The van der Waals surface area contributed by atoms with Crippen LogP contribution in [-0.2, 0) is 9.47 Å². The van der Waals surface area contributed by atoms with Crippen molar-refractivity contribution < 1.29 is 14.3 Å². The number of ether oxygens (including phenoxy) is 2. The number of urea groups is 1. The lowest BCUT2D eigenvalue weighted by molar-refractivity contribution is -0.00369. The third-order valence-corrected chi connectivity index (χ3v) is 2.26. The highest BCUT2D eigenvalue weighted by Gasteiger charge is 2.20. The van der Waals surface area contributed by atoms with E-state index in [0.717, 1.165) is 0 Å². The molecule has 1 saturated heterocycles. The Kier molecular flexibility index (Phi) is 5.42. The fourth-order valence-electron chi connectivity index (χ4n) is 1.49. The second-order valence-corrected chi connectivity index (χ2v) is 3.56. The number of carbonyl (C=O) groups is 1. The zero-order valence-electron chi connectivity index (χ0n) is 9.49. The third-order valence-electron chi connectivity index (χ3n) is 2.26. The smallest absolute Gasteiger partial charge is 0.317 e. The summed E-state index contributed by atoms with van der Waals surface area (Å²) in [4.78, 5) is 13.4. The molecule has 15 heavy (non-hydrogen) atoms. The number of morpholine rings is 1. The summed E-state index contributed by atoms with van der Waals surface area (Å²) in [6.45, 7) is 7.70. The van der Waals surface area contributed by atoms with Crippen molar-refractivity contribution in [3.63, 3.8) is 0 Å². The zero-order valence-corrected chi connectivity index (χ0v) is 9.49. The Hall–Kier alpha value is -0.810. The van der Waals surface area contributed by atoms with E-state index in [1.807, 2.05) is 13.8 Å². The van der Waals surface area contributed by atoms with Crippen LogP contribution >= 0.6 is 0 Å². The van der Waals surface area contributed by atoms with Crippen LogP contribution in [-0.4, -0.2) is 56.5 Å². The van der Waals surface area contributed by atoms with Crippen molar-refractivity contribution in [2.24, 2.45) is 0 Å². The van der Waals surface area contributed by atoms with Gasteiger partial charge in [-0.05, 0) is 13.8 Å². The lowest BCUT2D eigenvalue weighted by Crippen LogP contribution is -2.49. The predicted octanol–water partition coefficient (Wildman–Crippen LogP) is 0.453. The maximum atomic E-state index is 11.6. The molecule has 1 atom stereocenters. The van der Waals surface area contributed by atoms with Crippen LogP contribution < -0.4 is 5.32 Å². The van der Waals surface area contributed by atoms with Gasteiger partial charge in [0.05, 0.1) is 19.3 Å². The summed E-state index contributed by atoms with van der Waals surface area (Å²) in [5, 5.41) is 2.81. The highest BCUT2D eigenvalue weighted by Crippen LogP contribution is 2.03. The minimum atomic E-state index is -0.0233. The highest BCUT2D eigenvalue weighted by atomic mass is 16.5. The van der Waals surface area contributed by atoms with Gasteiger partial charge >= 0.3 is 6.03 Å². The molecule has 0 aromatic rings. The molecule has 0 aromatic heterocycles. The quantitative estimate of drug-likeness (QED) is 0.694. The minimum Gasteiger partial charge on any atom is -0.380 e. The van der Waals surface area contributed by atoms with Crippen molar-refractivity contribution in [2.45, 2.75) is 20.0 Å².